The molecule has 2 rings (SSSR count). The van der Waals surface area contributed by atoms with E-state index < -0.39 is 10.0 Å². The second kappa shape index (κ2) is 7.23. The number of anilines is 1. The van der Waals surface area contributed by atoms with Crippen molar-refractivity contribution in [2.45, 2.75) is 13.5 Å². The Kier molecular flexibility index (Phi) is 5.51. The first kappa shape index (κ1) is 18.3. The highest BCUT2D eigenvalue weighted by atomic mass is 35.5. The number of carbonyl (C=O) groups excluding carboxylic acids is 1. The van der Waals surface area contributed by atoms with Crippen molar-refractivity contribution in [3.8, 4) is 0 Å². The quantitative estimate of drug-likeness (QED) is 0.884. The Morgan fingerprint density at radius 3 is 2.46 bits per heavy atom. The molecule has 7 heteroatoms. The lowest BCUT2D eigenvalue weighted by Gasteiger charge is -2.17. The molecule has 0 saturated heterocycles. The fourth-order valence-electron chi connectivity index (χ4n) is 2.15. The van der Waals surface area contributed by atoms with Crippen molar-refractivity contribution >= 4 is 33.2 Å². The molecule has 0 aromatic heterocycles. The van der Waals surface area contributed by atoms with E-state index in [1.165, 1.54) is 19.2 Å². The third-order valence-electron chi connectivity index (χ3n) is 3.76. The van der Waals surface area contributed by atoms with E-state index >= 15 is 0 Å². The summed E-state index contributed by atoms with van der Waals surface area (Å²) in [6.45, 7) is 2.37. The lowest BCUT2D eigenvalue weighted by molar-refractivity contribution is 0.0951. The van der Waals surface area contributed by atoms with Gasteiger partial charge < -0.3 is 5.32 Å². The Morgan fingerprint density at radius 1 is 1.21 bits per heavy atom. The van der Waals surface area contributed by atoms with E-state index in [-0.39, 0.29) is 10.9 Å². The van der Waals surface area contributed by atoms with Gasteiger partial charge in [0.1, 0.15) is 0 Å². The summed E-state index contributed by atoms with van der Waals surface area (Å²) in [4.78, 5) is 12.3. The van der Waals surface area contributed by atoms with Crippen LogP contribution in [-0.4, -0.2) is 27.6 Å². The molecule has 1 N–H and O–H groups in total. The molecule has 1 amide bonds. The lowest BCUT2D eigenvalue weighted by Crippen LogP contribution is -2.26. The van der Waals surface area contributed by atoms with Gasteiger partial charge in [0.05, 0.1) is 22.5 Å². The van der Waals surface area contributed by atoms with E-state index in [9.17, 15) is 13.2 Å². The summed E-state index contributed by atoms with van der Waals surface area (Å²) in [6.07, 6.45) is 1.10. The fraction of sp³-hybridized carbons (Fsp3) is 0.235. The second-order valence-corrected chi connectivity index (χ2v) is 7.92. The van der Waals surface area contributed by atoms with Gasteiger partial charge in [-0.05, 0) is 36.2 Å². The second-order valence-electron chi connectivity index (χ2n) is 5.50. The lowest BCUT2D eigenvalue weighted by atomic mass is 10.1. The zero-order valence-corrected chi connectivity index (χ0v) is 15.3. The number of nitrogens with zero attached hydrogens (tertiary/aromatic N) is 1. The molecule has 0 atom stereocenters. The highest BCUT2D eigenvalue weighted by Crippen LogP contribution is 2.24. The molecule has 0 fully saturated rings. The number of benzene rings is 2. The zero-order chi connectivity index (χ0) is 17.9. The van der Waals surface area contributed by atoms with Gasteiger partial charge >= 0.3 is 0 Å². The molecule has 0 bridgehead atoms. The summed E-state index contributed by atoms with van der Waals surface area (Å²) in [5.41, 5.74) is 2.82. The van der Waals surface area contributed by atoms with Gasteiger partial charge in [-0.15, -0.1) is 0 Å². The van der Waals surface area contributed by atoms with Crippen molar-refractivity contribution in [1.82, 2.24) is 5.32 Å². The van der Waals surface area contributed by atoms with Gasteiger partial charge in [-0.25, -0.2) is 8.42 Å². The predicted octanol–water partition coefficient (Wildman–Crippen LogP) is 2.97. The SMILES string of the molecule is Cc1ccccc1CNC(=O)c1ccc(N(C)S(C)(=O)=O)cc1Cl. The molecule has 0 saturated carbocycles. The number of aryl methyl sites for hydroxylation is 1. The van der Waals surface area contributed by atoms with Crippen molar-refractivity contribution in [3.05, 3.63) is 64.2 Å². The maximum absolute atomic E-state index is 12.3. The van der Waals surface area contributed by atoms with Crippen molar-refractivity contribution in [2.24, 2.45) is 0 Å². The van der Waals surface area contributed by atoms with Crippen LogP contribution in [-0.2, 0) is 16.6 Å². The molecule has 2 aromatic rings. The van der Waals surface area contributed by atoms with Crippen molar-refractivity contribution in [1.29, 1.82) is 0 Å². The minimum atomic E-state index is -3.38. The summed E-state index contributed by atoms with van der Waals surface area (Å²) in [7, 11) is -1.95. The van der Waals surface area contributed by atoms with Gasteiger partial charge in [-0.2, -0.15) is 0 Å². The smallest absolute Gasteiger partial charge is 0.253 e. The fourth-order valence-corrected chi connectivity index (χ4v) is 2.91. The van der Waals surface area contributed by atoms with E-state index in [0.29, 0.717) is 17.8 Å². The van der Waals surface area contributed by atoms with Crippen LogP contribution in [0.1, 0.15) is 21.5 Å². The van der Waals surface area contributed by atoms with Gasteiger partial charge in [0.15, 0.2) is 0 Å². The number of nitrogens with one attached hydrogen (secondary N) is 1. The molecular formula is C17H19ClN2O3S. The van der Waals surface area contributed by atoms with Gasteiger partial charge in [0.2, 0.25) is 10.0 Å². The minimum Gasteiger partial charge on any atom is -0.348 e. The van der Waals surface area contributed by atoms with Gasteiger partial charge in [-0.1, -0.05) is 35.9 Å². The Morgan fingerprint density at radius 2 is 1.88 bits per heavy atom. The summed E-state index contributed by atoms with van der Waals surface area (Å²) < 4.78 is 24.2. The topological polar surface area (TPSA) is 66.5 Å². The first-order chi connectivity index (χ1) is 11.2. The molecule has 2 aromatic carbocycles. The van der Waals surface area contributed by atoms with Crippen LogP contribution in [0.15, 0.2) is 42.5 Å². The maximum atomic E-state index is 12.3. The van der Waals surface area contributed by atoms with Crippen LogP contribution in [0.25, 0.3) is 0 Å². The Bertz CT molecular complexity index is 866. The summed E-state index contributed by atoms with van der Waals surface area (Å²) in [5.74, 6) is -0.309. The number of sulfonamides is 1. The highest BCUT2D eigenvalue weighted by molar-refractivity contribution is 7.92. The van der Waals surface area contributed by atoms with Crippen LogP contribution >= 0.6 is 11.6 Å². The number of hydrogen-bond acceptors (Lipinski definition) is 3. The van der Waals surface area contributed by atoms with Crippen LogP contribution in [0.5, 0.6) is 0 Å². The minimum absolute atomic E-state index is 0.199. The van der Waals surface area contributed by atoms with Crippen LogP contribution in [0.3, 0.4) is 0 Å². The molecule has 0 spiro atoms. The largest absolute Gasteiger partial charge is 0.348 e. The molecule has 0 unspecified atom stereocenters. The average molecular weight is 367 g/mol. The van der Waals surface area contributed by atoms with Crippen LogP contribution in [0, 0.1) is 6.92 Å². The van der Waals surface area contributed by atoms with Crippen LogP contribution < -0.4 is 9.62 Å². The molecule has 0 aliphatic carbocycles. The monoisotopic (exact) mass is 366 g/mol. The highest BCUT2D eigenvalue weighted by Gasteiger charge is 2.16. The third kappa shape index (κ3) is 4.27. The molecular weight excluding hydrogens is 348 g/mol. The zero-order valence-electron chi connectivity index (χ0n) is 13.7. The molecule has 24 heavy (non-hydrogen) atoms. The first-order valence-electron chi connectivity index (χ1n) is 7.26. The van der Waals surface area contributed by atoms with Crippen LogP contribution in [0.2, 0.25) is 5.02 Å². The number of halogens is 1. The van der Waals surface area contributed by atoms with E-state index in [0.717, 1.165) is 21.7 Å². The first-order valence-corrected chi connectivity index (χ1v) is 9.49. The standard InChI is InChI=1S/C17H19ClN2O3S/c1-12-6-4-5-7-13(12)11-19-17(21)15-9-8-14(10-16(15)18)20(2)24(3,22)23/h4-10H,11H2,1-3H3,(H,19,21). The van der Waals surface area contributed by atoms with E-state index in [1.807, 2.05) is 31.2 Å². The molecule has 0 aliphatic rings. The van der Waals surface area contributed by atoms with Gasteiger partial charge in [0.25, 0.3) is 5.91 Å². The third-order valence-corrected chi connectivity index (χ3v) is 5.28. The van der Waals surface area contributed by atoms with E-state index in [1.54, 1.807) is 6.07 Å². The van der Waals surface area contributed by atoms with Crippen molar-refractivity contribution in [3.63, 3.8) is 0 Å². The summed E-state index contributed by atoms with van der Waals surface area (Å²) >= 11 is 6.15. The van der Waals surface area contributed by atoms with Crippen LogP contribution in [0.4, 0.5) is 5.69 Å². The van der Waals surface area contributed by atoms with Gasteiger partial charge in [0, 0.05) is 13.6 Å². The van der Waals surface area contributed by atoms with E-state index in [4.69, 9.17) is 11.6 Å². The molecule has 0 aliphatic heterocycles. The van der Waals surface area contributed by atoms with Crippen molar-refractivity contribution in [2.75, 3.05) is 17.6 Å². The average Bonchev–Trinajstić information content (AvgIpc) is 2.52. The van der Waals surface area contributed by atoms with E-state index in [2.05, 4.69) is 5.32 Å². The molecule has 0 radical (unpaired) electrons. The Balaban J connectivity index is 2.15. The van der Waals surface area contributed by atoms with Crippen molar-refractivity contribution < 1.29 is 13.2 Å². The number of rotatable bonds is 5. The van der Waals surface area contributed by atoms with Gasteiger partial charge in [-0.3, -0.25) is 9.10 Å². The molecule has 5 nitrogen and oxygen atoms in total. The molecule has 128 valence electrons. The normalized spacial score (nSPS) is 11.2. The Hall–Kier alpha value is -2.05. The number of hydrogen-bond donors (Lipinski definition) is 1. The maximum Gasteiger partial charge on any atom is 0.253 e. The Labute approximate surface area is 147 Å². The number of carbonyl (C=O) groups is 1. The molecule has 0 heterocycles. The number of amides is 1. The predicted molar refractivity (Wildman–Crippen MR) is 97.0 cm³/mol. The summed E-state index contributed by atoms with van der Waals surface area (Å²) in [6, 6.07) is 12.3. The summed E-state index contributed by atoms with van der Waals surface area (Å²) in [5, 5.41) is 3.02.